The van der Waals surface area contributed by atoms with Gasteiger partial charge in [0.05, 0.1) is 13.7 Å². The van der Waals surface area contributed by atoms with Gasteiger partial charge in [-0.15, -0.1) is 0 Å². The molecule has 84 valence electrons. The fraction of sp³-hybridized carbons (Fsp3) is 0.500. The summed E-state index contributed by atoms with van der Waals surface area (Å²) in [6.07, 6.45) is 0.946. The lowest BCUT2D eigenvalue weighted by molar-refractivity contribution is 0.169. The summed E-state index contributed by atoms with van der Waals surface area (Å²) in [6.45, 7) is 0.716. The van der Waals surface area contributed by atoms with Crippen molar-refractivity contribution in [3.8, 4) is 5.75 Å². The Hall–Kier alpha value is -1.06. The summed E-state index contributed by atoms with van der Waals surface area (Å²) < 4.78 is 10.3. The monoisotopic (exact) mass is 209 g/mol. The first-order valence-electron chi connectivity index (χ1n) is 5.09. The Balaban J connectivity index is 2.61. The first-order chi connectivity index (χ1) is 7.30. The second kappa shape index (κ2) is 6.43. The SMILES string of the molecule is CNC(COC)Cc1cccc(OC)c1. The summed E-state index contributed by atoms with van der Waals surface area (Å²) in [4.78, 5) is 0. The first-order valence-corrected chi connectivity index (χ1v) is 5.09. The summed E-state index contributed by atoms with van der Waals surface area (Å²) in [7, 11) is 5.35. The molecule has 0 radical (unpaired) electrons. The minimum atomic E-state index is 0.349. The Morgan fingerprint density at radius 3 is 2.73 bits per heavy atom. The molecule has 3 heteroatoms. The maximum atomic E-state index is 5.18. The van der Waals surface area contributed by atoms with E-state index in [1.165, 1.54) is 5.56 Å². The van der Waals surface area contributed by atoms with E-state index in [0.29, 0.717) is 12.6 Å². The highest BCUT2D eigenvalue weighted by Crippen LogP contribution is 2.13. The normalized spacial score (nSPS) is 12.5. The first kappa shape index (κ1) is 12.0. The van der Waals surface area contributed by atoms with Gasteiger partial charge in [0, 0.05) is 13.2 Å². The van der Waals surface area contributed by atoms with Crippen LogP contribution in [0, 0.1) is 0 Å². The summed E-state index contributed by atoms with van der Waals surface area (Å²) in [5, 5.41) is 3.22. The minimum absolute atomic E-state index is 0.349. The Bertz CT molecular complexity index is 289. The predicted octanol–water partition coefficient (Wildman–Crippen LogP) is 1.47. The predicted molar refractivity (Wildman–Crippen MR) is 61.4 cm³/mol. The molecular formula is C12H19NO2. The standard InChI is InChI=1S/C12H19NO2/c1-13-11(9-14-2)7-10-5-4-6-12(8-10)15-3/h4-6,8,11,13H,7,9H2,1-3H3. The van der Waals surface area contributed by atoms with Gasteiger partial charge in [-0.2, -0.15) is 0 Å². The van der Waals surface area contributed by atoms with Crippen LogP contribution in [0.2, 0.25) is 0 Å². The van der Waals surface area contributed by atoms with Gasteiger partial charge in [0.1, 0.15) is 5.75 Å². The van der Waals surface area contributed by atoms with Crippen LogP contribution in [0.4, 0.5) is 0 Å². The fourth-order valence-electron chi connectivity index (χ4n) is 1.53. The van der Waals surface area contributed by atoms with Crippen molar-refractivity contribution >= 4 is 0 Å². The van der Waals surface area contributed by atoms with E-state index in [9.17, 15) is 0 Å². The van der Waals surface area contributed by atoms with Crippen LogP contribution >= 0.6 is 0 Å². The van der Waals surface area contributed by atoms with Gasteiger partial charge in [0.25, 0.3) is 0 Å². The molecule has 0 saturated carbocycles. The van der Waals surface area contributed by atoms with E-state index in [2.05, 4.69) is 17.4 Å². The Morgan fingerprint density at radius 1 is 1.33 bits per heavy atom. The van der Waals surface area contributed by atoms with Gasteiger partial charge in [0.2, 0.25) is 0 Å². The van der Waals surface area contributed by atoms with E-state index in [-0.39, 0.29) is 0 Å². The molecule has 0 fully saturated rings. The molecule has 0 aliphatic carbocycles. The lowest BCUT2D eigenvalue weighted by Gasteiger charge is -2.15. The summed E-state index contributed by atoms with van der Waals surface area (Å²) in [5.41, 5.74) is 1.26. The molecule has 3 nitrogen and oxygen atoms in total. The highest BCUT2D eigenvalue weighted by molar-refractivity contribution is 5.28. The van der Waals surface area contributed by atoms with Crippen LogP contribution < -0.4 is 10.1 Å². The molecule has 1 aromatic carbocycles. The molecule has 15 heavy (non-hydrogen) atoms. The van der Waals surface area contributed by atoms with Crippen LogP contribution in [0.5, 0.6) is 5.75 Å². The zero-order valence-corrected chi connectivity index (χ0v) is 9.62. The zero-order valence-electron chi connectivity index (χ0n) is 9.62. The van der Waals surface area contributed by atoms with Crippen LogP contribution in [-0.4, -0.2) is 33.9 Å². The van der Waals surface area contributed by atoms with Crippen LogP contribution in [0.15, 0.2) is 24.3 Å². The molecule has 0 amide bonds. The van der Waals surface area contributed by atoms with Gasteiger partial charge >= 0.3 is 0 Å². The van der Waals surface area contributed by atoms with Crippen molar-refractivity contribution in [2.75, 3.05) is 27.9 Å². The van der Waals surface area contributed by atoms with E-state index in [4.69, 9.17) is 9.47 Å². The number of nitrogens with one attached hydrogen (secondary N) is 1. The number of likely N-dealkylation sites (N-methyl/N-ethyl adjacent to an activating group) is 1. The Morgan fingerprint density at radius 2 is 2.13 bits per heavy atom. The molecular weight excluding hydrogens is 190 g/mol. The second-order valence-corrected chi connectivity index (χ2v) is 3.50. The Labute approximate surface area is 91.4 Å². The maximum absolute atomic E-state index is 5.18. The number of rotatable bonds is 6. The summed E-state index contributed by atoms with van der Waals surface area (Å²) >= 11 is 0. The number of methoxy groups -OCH3 is 2. The molecule has 0 bridgehead atoms. The molecule has 1 aromatic rings. The third kappa shape index (κ3) is 3.90. The average Bonchev–Trinajstić information content (AvgIpc) is 2.29. The number of benzene rings is 1. The molecule has 1 unspecified atom stereocenters. The molecule has 1 atom stereocenters. The van der Waals surface area contributed by atoms with Gasteiger partial charge in [0.15, 0.2) is 0 Å². The number of hydrogen-bond donors (Lipinski definition) is 1. The van der Waals surface area contributed by atoms with Gasteiger partial charge in [-0.05, 0) is 31.2 Å². The molecule has 0 aliphatic rings. The molecule has 1 rings (SSSR count). The smallest absolute Gasteiger partial charge is 0.119 e. The fourth-order valence-corrected chi connectivity index (χ4v) is 1.53. The molecule has 0 spiro atoms. The highest BCUT2D eigenvalue weighted by Gasteiger charge is 2.06. The van der Waals surface area contributed by atoms with E-state index in [0.717, 1.165) is 12.2 Å². The van der Waals surface area contributed by atoms with Crippen molar-refractivity contribution in [2.24, 2.45) is 0 Å². The number of hydrogen-bond acceptors (Lipinski definition) is 3. The maximum Gasteiger partial charge on any atom is 0.119 e. The van der Waals surface area contributed by atoms with E-state index in [1.807, 2.05) is 19.2 Å². The van der Waals surface area contributed by atoms with Crippen molar-refractivity contribution in [1.82, 2.24) is 5.32 Å². The van der Waals surface area contributed by atoms with Gasteiger partial charge in [-0.1, -0.05) is 12.1 Å². The van der Waals surface area contributed by atoms with Crippen molar-refractivity contribution in [1.29, 1.82) is 0 Å². The van der Waals surface area contributed by atoms with Gasteiger partial charge in [-0.25, -0.2) is 0 Å². The summed E-state index contributed by atoms with van der Waals surface area (Å²) in [5.74, 6) is 0.903. The van der Waals surface area contributed by atoms with E-state index >= 15 is 0 Å². The van der Waals surface area contributed by atoms with E-state index < -0.39 is 0 Å². The van der Waals surface area contributed by atoms with Crippen molar-refractivity contribution in [3.63, 3.8) is 0 Å². The molecule has 0 heterocycles. The Kier molecular flexibility index (Phi) is 5.15. The minimum Gasteiger partial charge on any atom is -0.497 e. The topological polar surface area (TPSA) is 30.5 Å². The van der Waals surface area contributed by atoms with Gasteiger partial charge in [-0.3, -0.25) is 0 Å². The largest absolute Gasteiger partial charge is 0.497 e. The molecule has 0 aliphatic heterocycles. The third-order valence-electron chi connectivity index (χ3n) is 2.39. The molecule has 0 aromatic heterocycles. The zero-order chi connectivity index (χ0) is 11.1. The summed E-state index contributed by atoms with van der Waals surface area (Å²) in [6, 6.07) is 8.46. The number of ether oxygens (including phenoxy) is 2. The third-order valence-corrected chi connectivity index (χ3v) is 2.39. The lowest BCUT2D eigenvalue weighted by Crippen LogP contribution is -2.32. The highest BCUT2D eigenvalue weighted by atomic mass is 16.5. The second-order valence-electron chi connectivity index (χ2n) is 3.50. The lowest BCUT2D eigenvalue weighted by atomic mass is 10.1. The van der Waals surface area contributed by atoms with Gasteiger partial charge < -0.3 is 14.8 Å². The molecule has 0 saturated heterocycles. The van der Waals surface area contributed by atoms with Crippen molar-refractivity contribution in [3.05, 3.63) is 29.8 Å². The van der Waals surface area contributed by atoms with Crippen molar-refractivity contribution in [2.45, 2.75) is 12.5 Å². The van der Waals surface area contributed by atoms with Crippen LogP contribution in [0.25, 0.3) is 0 Å². The van der Waals surface area contributed by atoms with E-state index in [1.54, 1.807) is 14.2 Å². The molecule has 1 N–H and O–H groups in total. The van der Waals surface area contributed by atoms with Crippen LogP contribution in [0.3, 0.4) is 0 Å². The van der Waals surface area contributed by atoms with Crippen LogP contribution in [0.1, 0.15) is 5.56 Å². The average molecular weight is 209 g/mol. The van der Waals surface area contributed by atoms with Crippen molar-refractivity contribution < 1.29 is 9.47 Å². The van der Waals surface area contributed by atoms with Crippen LogP contribution in [-0.2, 0) is 11.2 Å². The quantitative estimate of drug-likeness (QED) is 0.769.